The molecule has 0 N–H and O–H groups in total. The zero-order valence-corrected chi connectivity index (χ0v) is 23.5. The second-order valence-electron chi connectivity index (χ2n) is 7.78. The second-order valence-corrected chi connectivity index (χ2v) is 7.78. The molecule has 0 amide bonds. The van der Waals surface area contributed by atoms with Gasteiger partial charge in [0.25, 0.3) is 0 Å². The Labute approximate surface area is 207 Å². The van der Waals surface area contributed by atoms with Crippen LogP contribution in [0.3, 0.4) is 0 Å². The molecule has 0 aliphatic carbocycles. The Kier molecular flexibility index (Phi) is 18.7. The Morgan fingerprint density at radius 2 is 1.11 bits per heavy atom. The predicted octanol–water partition coefficient (Wildman–Crippen LogP) is 1.66. The average Bonchev–Trinajstić information content (AvgIpc) is 2.97. The quantitative estimate of drug-likeness (QED) is 0.528. The van der Waals surface area contributed by atoms with Crippen molar-refractivity contribution in [2.45, 2.75) is 101 Å². The molecule has 158 valence electrons. The fourth-order valence-corrected chi connectivity index (χ4v) is 3.57. The Bertz CT molecular complexity index is 569. The molecule has 2 aromatic carbocycles. The van der Waals surface area contributed by atoms with Crippen molar-refractivity contribution in [2.75, 3.05) is 0 Å². The van der Waals surface area contributed by atoms with Crippen molar-refractivity contribution >= 4 is 0 Å². The van der Waals surface area contributed by atoms with Crippen LogP contribution in [0.4, 0.5) is 0 Å². The van der Waals surface area contributed by atoms with Gasteiger partial charge in [0.2, 0.25) is 0 Å². The molecule has 2 rings (SSSR count). The monoisotopic (exact) mass is 500 g/mol. The molecule has 0 fully saturated rings. The van der Waals surface area contributed by atoms with Crippen LogP contribution in [0.5, 0.6) is 0 Å². The van der Waals surface area contributed by atoms with Crippen molar-refractivity contribution in [1.29, 1.82) is 0 Å². The van der Waals surface area contributed by atoms with Gasteiger partial charge in [0.1, 0.15) is 0 Å². The van der Waals surface area contributed by atoms with Gasteiger partial charge >= 0.3 is 26.2 Å². The molecule has 0 unspecified atom stereocenters. The van der Waals surface area contributed by atoms with Crippen molar-refractivity contribution in [1.82, 2.24) is 0 Å². The molecule has 0 radical (unpaired) electrons. The van der Waals surface area contributed by atoms with Gasteiger partial charge in [-0.3, -0.25) is 0 Å². The normalized spacial score (nSPS) is 9.61. The number of unbranched alkanes of at least 4 members (excludes halogenated alkanes) is 2. The van der Waals surface area contributed by atoms with E-state index in [-0.39, 0.29) is 51.0 Å². The van der Waals surface area contributed by atoms with Crippen LogP contribution < -0.4 is 24.8 Å². The van der Waals surface area contributed by atoms with E-state index >= 15 is 0 Å². The summed E-state index contributed by atoms with van der Waals surface area (Å²) in [4.78, 5) is 0. The summed E-state index contributed by atoms with van der Waals surface area (Å²) in [6.07, 6.45) is 7.81. The van der Waals surface area contributed by atoms with Crippen LogP contribution in [0.2, 0.25) is 0 Å². The number of rotatable bonds is 6. The molecule has 0 heterocycles. The maximum absolute atomic E-state index is 2.45. The predicted molar refractivity (Wildman–Crippen MR) is 114 cm³/mol. The van der Waals surface area contributed by atoms with Crippen LogP contribution in [0, 0.1) is 48.5 Å². The summed E-state index contributed by atoms with van der Waals surface area (Å²) >= 11 is 0. The zero-order chi connectivity index (χ0) is 19.1. The summed E-state index contributed by atoms with van der Waals surface area (Å²) in [5.74, 6) is 0. The molecule has 3 heteroatoms. The SMILES string of the molecule is CCCCc1cc(CCCC)[c-](C)c1C.Cc1c(C)c(C)[c-](C)c1C.[Cl-].[Cl-].[Zr+4]. The first-order valence-electron chi connectivity index (χ1n) is 10.2. The summed E-state index contributed by atoms with van der Waals surface area (Å²) in [5, 5.41) is 0. The van der Waals surface area contributed by atoms with Crippen molar-refractivity contribution < 1.29 is 51.0 Å². The third-order valence-electron chi connectivity index (χ3n) is 6.29. The molecule has 28 heavy (non-hydrogen) atoms. The Morgan fingerprint density at radius 3 is 1.46 bits per heavy atom. The van der Waals surface area contributed by atoms with Gasteiger partial charge in [-0.1, -0.05) is 101 Å². The van der Waals surface area contributed by atoms with Gasteiger partial charge in [0, 0.05) is 0 Å². The molecule has 0 bridgehead atoms. The summed E-state index contributed by atoms with van der Waals surface area (Å²) in [6.45, 7) is 20.1. The molecular formula is C25H40Cl2Zr. The summed E-state index contributed by atoms with van der Waals surface area (Å²) < 4.78 is 0. The van der Waals surface area contributed by atoms with Crippen LogP contribution >= 0.6 is 0 Å². The van der Waals surface area contributed by atoms with E-state index in [1.54, 1.807) is 22.3 Å². The van der Waals surface area contributed by atoms with Crippen molar-refractivity contribution in [3.63, 3.8) is 0 Å². The van der Waals surface area contributed by atoms with Crippen LogP contribution in [0.25, 0.3) is 0 Å². The molecule has 0 aliphatic heterocycles. The van der Waals surface area contributed by atoms with E-state index in [1.807, 2.05) is 0 Å². The van der Waals surface area contributed by atoms with E-state index in [0.717, 1.165) is 0 Å². The first-order chi connectivity index (χ1) is 11.8. The van der Waals surface area contributed by atoms with Crippen LogP contribution in [0.1, 0.15) is 89.6 Å². The smallest absolute Gasteiger partial charge is 1.00 e. The fraction of sp³-hybridized carbons (Fsp3) is 0.600. The number of hydrogen-bond donors (Lipinski definition) is 0. The standard InChI is InChI=1S/C15H25.C10H15.2ClH.Zr/c1-5-7-9-14-11-15(10-8-6-2)13(4)12(14)3;1-6-7(2)9(4)10(5)8(6)3;;;/h11H,5-10H2,1-4H3;1-5H3;2*1H;/q2*-1;;;+4/p-2. The molecule has 0 spiro atoms. The van der Waals surface area contributed by atoms with E-state index in [9.17, 15) is 0 Å². The van der Waals surface area contributed by atoms with Gasteiger partial charge in [0.15, 0.2) is 0 Å². The van der Waals surface area contributed by atoms with Crippen LogP contribution in [0.15, 0.2) is 6.07 Å². The van der Waals surface area contributed by atoms with E-state index in [0.29, 0.717) is 0 Å². The molecule has 0 atom stereocenters. The molecular weight excluding hydrogens is 462 g/mol. The summed E-state index contributed by atoms with van der Waals surface area (Å²) in [6, 6.07) is 2.45. The zero-order valence-electron chi connectivity index (χ0n) is 19.6. The average molecular weight is 503 g/mol. The van der Waals surface area contributed by atoms with Gasteiger partial charge in [-0.2, -0.15) is 50.1 Å². The molecule has 0 aliphatic rings. The van der Waals surface area contributed by atoms with Gasteiger partial charge < -0.3 is 24.8 Å². The molecule has 0 aromatic heterocycles. The number of halogens is 2. The molecule has 2 aromatic rings. The Balaban J connectivity index is -0.000000427. The van der Waals surface area contributed by atoms with Gasteiger partial charge in [-0.25, -0.2) is 6.07 Å². The third kappa shape index (κ3) is 8.49. The minimum absolute atomic E-state index is 0. The van der Waals surface area contributed by atoms with Crippen LogP contribution in [-0.2, 0) is 39.0 Å². The first-order valence-corrected chi connectivity index (χ1v) is 10.2. The minimum atomic E-state index is 0. The number of hydrogen-bond acceptors (Lipinski definition) is 0. The maximum atomic E-state index is 2.45. The summed E-state index contributed by atoms with van der Waals surface area (Å²) in [5.41, 5.74) is 13.6. The maximum Gasteiger partial charge on any atom is 4.00 e. The first kappa shape index (κ1) is 32.8. The van der Waals surface area contributed by atoms with E-state index in [2.05, 4.69) is 68.4 Å². The van der Waals surface area contributed by atoms with Crippen molar-refractivity contribution in [3.8, 4) is 0 Å². The largest absolute Gasteiger partial charge is 4.00 e. The topological polar surface area (TPSA) is 0 Å². The Morgan fingerprint density at radius 1 is 0.679 bits per heavy atom. The summed E-state index contributed by atoms with van der Waals surface area (Å²) in [7, 11) is 0. The second kappa shape index (κ2) is 15.9. The van der Waals surface area contributed by atoms with Crippen molar-refractivity contribution in [2.24, 2.45) is 0 Å². The Hall–Kier alpha value is 0.163. The molecule has 0 nitrogen and oxygen atoms in total. The minimum Gasteiger partial charge on any atom is -1.00 e. The van der Waals surface area contributed by atoms with Gasteiger partial charge in [-0.05, 0) is 0 Å². The van der Waals surface area contributed by atoms with E-state index in [4.69, 9.17) is 0 Å². The molecule has 0 saturated carbocycles. The number of aryl methyl sites for hydroxylation is 2. The van der Waals surface area contributed by atoms with Gasteiger partial charge in [0.05, 0.1) is 0 Å². The van der Waals surface area contributed by atoms with E-state index < -0.39 is 0 Å². The third-order valence-corrected chi connectivity index (χ3v) is 6.29. The van der Waals surface area contributed by atoms with Crippen molar-refractivity contribution in [3.05, 3.63) is 56.1 Å². The molecule has 0 saturated heterocycles. The van der Waals surface area contributed by atoms with Gasteiger partial charge in [-0.15, -0.1) is 0 Å². The van der Waals surface area contributed by atoms with E-state index in [1.165, 1.54) is 66.3 Å². The fourth-order valence-electron chi connectivity index (χ4n) is 3.57. The van der Waals surface area contributed by atoms with Crippen LogP contribution in [-0.4, -0.2) is 0 Å².